The van der Waals surface area contributed by atoms with Crippen molar-refractivity contribution >= 4 is 0 Å². The summed E-state index contributed by atoms with van der Waals surface area (Å²) in [4.78, 5) is 0. The number of hydrogen-bond donors (Lipinski definition) is 1. The van der Waals surface area contributed by atoms with Crippen LogP contribution in [0, 0.1) is 0 Å². The van der Waals surface area contributed by atoms with Gasteiger partial charge in [0.15, 0.2) is 6.29 Å². The van der Waals surface area contributed by atoms with Crippen molar-refractivity contribution in [1.82, 2.24) is 0 Å². The lowest BCUT2D eigenvalue weighted by molar-refractivity contribution is -0.308. The lowest BCUT2D eigenvalue weighted by Gasteiger charge is -2.43. The third kappa shape index (κ3) is 5.38. The molecule has 1 aliphatic rings. The number of rotatable bonds is 9. The van der Waals surface area contributed by atoms with Gasteiger partial charge in [0, 0.05) is 14.2 Å². The van der Waals surface area contributed by atoms with Crippen molar-refractivity contribution in [2.75, 3.05) is 20.8 Å². The molecule has 6 heteroatoms. The van der Waals surface area contributed by atoms with Crippen LogP contribution in [0.3, 0.4) is 0 Å². The first-order chi connectivity index (χ1) is 13.7. The van der Waals surface area contributed by atoms with Gasteiger partial charge in [0.1, 0.15) is 24.4 Å². The molecule has 0 spiro atoms. The predicted octanol–water partition coefficient (Wildman–Crippen LogP) is 2.54. The standard InChI is InChI=1S/C22H28O6/c1-24-21-19(23)22(25-2)28-18(15-26-13-16-9-5-3-6-10-16)20(21)27-14-17-11-7-4-8-12-17/h3-12,18-23H,13-15H2,1-2H3/t18-,19-,20+,21-,22-/m1/s1. The van der Waals surface area contributed by atoms with Crippen LogP contribution in [0.4, 0.5) is 0 Å². The minimum Gasteiger partial charge on any atom is -0.385 e. The van der Waals surface area contributed by atoms with Crippen molar-refractivity contribution in [3.05, 3.63) is 71.8 Å². The Morgan fingerprint density at radius 3 is 2.00 bits per heavy atom. The molecule has 152 valence electrons. The molecule has 28 heavy (non-hydrogen) atoms. The molecule has 0 aromatic heterocycles. The van der Waals surface area contributed by atoms with E-state index in [1.165, 1.54) is 7.11 Å². The van der Waals surface area contributed by atoms with Gasteiger partial charge in [0.05, 0.1) is 19.8 Å². The van der Waals surface area contributed by atoms with Crippen LogP contribution in [-0.2, 0) is 36.9 Å². The number of benzene rings is 2. The fourth-order valence-corrected chi connectivity index (χ4v) is 3.33. The molecule has 0 bridgehead atoms. The molecule has 3 rings (SSSR count). The molecule has 2 aromatic carbocycles. The maximum Gasteiger partial charge on any atom is 0.186 e. The first-order valence-electron chi connectivity index (χ1n) is 9.39. The molecule has 1 N–H and O–H groups in total. The Morgan fingerprint density at radius 2 is 1.43 bits per heavy atom. The SMILES string of the molecule is CO[C@@H]1O[C@H](COCc2ccccc2)[C@H](OCc2ccccc2)[C@H](OC)[C@H]1O. The van der Waals surface area contributed by atoms with Crippen LogP contribution in [-0.4, -0.2) is 56.6 Å². The summed E-state index contributed by atoms with van der Waals surface area (Å²) in [6, 6.07) is 19.8. The second-order valence-electron chi connectivity index (χ2n) is 6.73. The van der Waals surface area contributed by atoms with E-state index >= 15 is 0 Å². The smallest absolute Gasteiger partial charge is 0.186 e. The van der Waals surface area contributed by atoms with Crippen molar-refractivity contribution in [2.24, 2.45) is 0 Å². The molecule has 5 atom stereocenters. The van der Waals surface area contributed by atoms with Crippen LogP contribution in [0.2, 0.25) is 0 Å². The number of hydrogen-bond acceptors (Lipinski definition) is 6. The van der Waals surface area contributed by atoms with E-state index in [-0.39, 0.29) is 0 Å². The highest BCUT2D eigenvalue weighted by Crippen LogP contribution is 2.27. The van der Waals surface area contributed by atoms with E-state index in [9.17, 15) is 5.11 Å². The van der Waals surface area contributed by atoms with Gasteiger partial charge in [-0.05, 0) is 11.1 Å². The largest absolute Gasteiger partial charge is 0.385 e. The van der Waals surface area contributed by atoms with Crippen LogP contribution in [0.1, 0.15) is 11.1 Å². The molecule has 0 amide bonds. The second-order valence-corrected chi connectivity index (χ2v) is 6.73. The van der Waals surface area contributed by atoms with Crippen molar-refractivity contribution in [1.29, 1.82) is 0 Å². The molecule has 0 radical (unpaired) electrons. The lowest BCUT2D eigenvalue weighted by Crippen LogP contribution is -2.60. The molecule has 0 aliphatic carbocycles. The molecular weight excluding hydrogens is 360 g/mol. The highest BCUT2D eigenvalue weighted by molar-refractivity contribution is 5.14. The zero-order valence-corrected chi connectivity index (χ0v) is 16.3. The van der Waals surface area contributed by atoms with Crippen LogP contribution < -0.4 is 0 Å². The van der Waals surface area contributed by atoms with E-state index in [1.54, 1.807) is 7.11 Å². The van der Waals surface area contributed by atoms with Crippen LogP contribution in [0.15, 0.2) is 60.7 Å². The zero-order chi connectivity index (χ0) is 19.8. The van der Waals surface area contributed by atoms with Crippen molar-refractivity contribution in [3.63, 3.8) is 0 Å². The number of ether oxygens (including phenoxy) is 5. The van der Waals surface area contributed by atoms with Gasteiger partial charge in [0.2, 0.25) is 0 Å². The van der Waals surface area contributed by atoms with Crippen molar-refractivity contribution in [2.45, 2.75) is 43.9 Å². The van der Waals surface area contributed by atoms with E-state index in [4.69, 9.17) is 23.7 Å². The summed E-state index contributed by atoms with van der Waals surface area (Å²) in [5.74, 6) is 0. The van der Waals surface area contributed by atoms with Gasteiger partial charge in [0.25, 0.3) is 0 Å². The summed E-state index contributed by atoms with van der Waals surface area (Å²) >= 11 is 0. The lowest BCUT2D eigenvalue weighted by atomic mass is 9.98. The fourth-order valence-electron chi connectivity index (χ4n) is 3.33. The Morgan fingerprint density at radius 1 is 0.821 bits per heavy atom. The first-order valence-corrected chi connectivity index (χ1v) is 9.39. The normalized spacial score (nSPS) is 27.6. The third-order valence-electron chi connectivity index (χ3n) is 4.80. The number of aliphatic hydroxyl groups excluding tert-OH is 1. The summed E-state index contributed by atoms with van der Waals surface area (Å²) in [7, 11) is 3.04. The van der Waals surface area contributed by atoms with Crippen LogP contribution in [0.25, 0.3) is 0 Å². The maximum absolute atomic E-state index is 10.5. The van der Waals surface area contributed by atoms with Crippen LogP contribution in [0.5, 0.6) is 0 Å². The van der Waals surface area contributed by atoms with E-state index < -0.39 is 30.7 Å². The monoisotopic (exact) mass is 388 g/mol. The van der Waals surface area contributed by atoms with Gasteiger partial charge in [-0.2, -0.15) is 0 Å². The van der Waals surface area contributed by atoms with Crippen molar-refractivity contribution < 1.29 is 28.8 Å². The molecule has 6 nitrogen and oxygen atoms in total. The van der Waals surface area contributed by atoms with Crippen LogP contribution >= 0.6 is 0 Å². The van der Waals surface area contributed by atoms with Gasteiger partial charge >= 0.3 is 0 Å². The van der Waals surface area contributed by atoms with Crippen molar-refractivity contribution in [3.8, 4) is 0 Å². The highest BCUT2D eigenvalue weighted by atomic mass is 16.7. The van der Waals surface area contributed by atoms with Gasteiger partial charge < -0.3 is 28.8 Å². The Labute approximate surface area is 165 Å². The molecule has 1 aliphatic heterocycles. The molecular formula is C22H28O6. The molecule has 2 aromatic rings. The molecule has 0 unspecified atom stereocenters. The summed E-state index contributed by atoms with van der Waals surface area (Å²) in [6.07, 6.45) is -3.28. The summed E-state index contributed by atoms with van der Waals surface area (Å²) < 4.78 is 28.7. The predicted molar refractivity (Wildman–Crippen MR) is 104 cm³/mol. The number of methoxy groups -OCH3 is 2. The average Bonchev–Trinajstić information content (AvgIpc) is 2.74. The zero-order valence-electron chi connectivity index (χ0n) is 16.3. The van der Waals surface area contributed by atoms with E-state index in [1.807, 2.05) is 60.7 Å². The Kier molecular flexibility index (Phi) is 7.97. The minimum atomic E-state index is -0.957. The van der Waals surface area contributed by atoms with Gasteiger partial charge in [-0.3, -0.25) is 0 Å². The van der Waals surface area contributed by atoms with Gasteiger partial charge in [-0.15, -0.1) is 0 Å². The summed E-state index contributed by atoms with van der Waals surface area (Å²) in [5.41, 5.74) is 2.11. The summed E-state index contributed by atoms with van der Waals surface area (Å²) in [6.45, 7) is 1.14. The Hall–Kier alpha value is -1.80. The Bertz CT molecular complexity index is 680. The maximum atomic E-state index is 10.5. The topological polar surface area (TPSA) is 66.4 Å². The first kappa shape index (κ1) is 20.9. The average molecular weight is 388 g/mol. The summed E-state index contributed by atoms with van der Waals surface area (Å²) in [5, 5.41) is 10.5. The number of aliphatic hydroxyl groups is 1. The third-order valence-corrected chi connectivity index (χ3v) is 4.80. The fraction of sp³-hybridized carbons (Fsp3) is 0.455. The minimum absolute atomic E-state index is 0.292. The Balaban J connectivity index is 1.66. The molecule has 0 saturated carbocycles. The van der Waals surface area contributed by atoms with Gasteiger partial charge in [-0.1, -0.05) is 60.7 Å². The van der Waals surface area contributed by atoms with E-state index in [2.05, 4.69) is 0 Å². The molecule has 1 saturated heterocycles. The second kappa shape index (κ2) is 10.7. The quantitative estimate of drug-likeness (QED) is 0.712. The molecule has 1 heterocycles. The van der Waals surface area contributed by atoms with E-state index in [0.29, 0.717) is 19.8 Å². The molecule has 1 fully saturated rings. The van der Waals surface area contributed by atoms with E-state index in [0.717, 1.165) is 11.1 Å². The van der Waals surface area contributed by atoms with Gasteiger partial charge in [-0.25, -0.2) is 0 Å². The highest BCUT2D eigenvalue weighted by Gasteiger charge is 2.46.